The number of halogens is 1. The normalized spacial score (nSPS) is 21.0. The van der Waals surface area contributed by atoms with Crippen LogP contribution in [0.5, 0.6) is 11.5 Å². The third-order valence-corrected chi connectivity index (χ3v) is 6.90. The van der Waals surface area contributed by atoms with Gasteiger partial charge in [-0.25, -0.2) is 10.3 Å². The molecule has 1 N–H and O–H groups in total. The van der Waals surface area contributed by atoms with Crippen molar-refractivity contribution in [3.8, 4) is 11.5 Å². The summed E-state index contributed by atoms with van der Waals surface area (Å²) in [5.74, 6) is -0.705. The number of ether oxygens (including phenoxy) is 2. The lowest BCUT2D eigenvalue weighted by atomic mass is 9.91. The summed E-state index contributed by atoms with van der Waals surface area (Å²) in [6.45, 7) is 2.39. The highest BCUT2D eigenvalue weighted by atomic mass is 79.9. The van der Waals surface area contributed by atoms with Crippen LogP contribution in [0.25, 0.3) is 0 Å². The molecule has 2 aliphatic rings. The van der Waals surface area contributed by atoms with Crippen LogP contribution in [0.4, 0.5) is 5.69 Å². The van der Waals surface area contributed by atoms with Crippen molar-refractivity contribution in [3.63, 3.8) is 0 Å². The summed E-state index contributed by atoms with van der Waals surface area (Å²) in [6, 6.07) is 19.4. The molecule has 2 aliphatic heterocycles. The summed E-state index contributed by atoms with van der Waals surface area (Å²) < 4.78 is 11.5. The number of methoxy groups -OCH3 is 1. The molecule has 0 bridgehead atoms. The van der Waals surface area contributed by atoms with Gasteiger partial charge < -0.3 is 9.47 Å². The first-order valence-electron chi connectivity index (χ1n) is 11.5. The lowest BCUT2D eigenvalue weighted by molar-refractivity contribution is -0.123. The predicted octanol–water partition coefficient (Wildman–Crippen LogP) is 4.12. The summed E-state index contributed by atoms with van der Waals surface area (Å²) in [5, 5.41) is 1.30. The van der Waals surface area contributed by atoms with E-state index in [9.17, 15) is 14.4 Å². The van der Waals surface area contributed by atoms with Crippen molar-refractivity contribution in [1.29, 1.82) is 0 Å². The Bertz CT molecular complexity index is 1310. The zero-order valence-corrected chi connectivity index (χ0v) is 21.3. The van der Waals surface area contributed by atoms with Crippen molar-refractivity contribution in [2.45, 2.75) is 19.0 Å². The number of amides is 3. The van der Waals surface area contributed by atoms with Gasteiger partial charge in [-0.15, -0.1) is 0 Å². The van der Waals surface area contributed by atoms with E-state index < -0.39 is 29.8 Å². The minimum absolute atomic E-state index is 0.368. The molecule has 184 valence electrons. The molecular formula is C27H24BrN3O5. The van der Waals surface area contributed by atoms with E-state index in [1.807, 2.05) is 25.1 Å². The topological polar surface area (TPSA) is 88.2 Å². The SMILES string of the molecule is CCOc1ccc(N2C(=O)[C@@H]3[C@@H](c4ccc(OC)cc4)NN(C(=O)c4cccc(Br)c4)[C@H]3C2=O)cc1. The first kappa shape index (κ1) is 24.0. The number of fused-ring (bicyclic) bond motifs is 1. The predicted molar refractivity (Wildman–Crippen MR) is 137 cm³/mol. The molecule has 9 heteroatoms. The Hall–Kier alpha value is -3.69. The highest BCUT2D eigenvalue weighted by molar-refractivity contribution is 9.10. The van der Waals surface area contributed by atoms with Gasteiger partial charge >= 0.3 is 0 Å². The van der Waals surface area contributed by atoms with E-state index in [4.69, 9.17) is 9.47 Å². The summed E-state index contributed by atoms with van der Waals surface area (Å²) in [6.07, 6.45) is 0. The Labute approximate surface area is 216 Å². The van der Waals surface area contributed by atoms with Crippen LogP contribution in [0.15, 0.2) is 77.3 Å². The Balaban J connectivity index is 1.54. The van der Waals surface area contributed by atoms with Crippen LogP contribution in [0.1, 0.15) is 28.9 Å². The fraction of sp³-hybridized carbons (Fsp3) is 0.222. The number of rotatable bonds is 6. The van der Waals surface area contributed by atoms with Crippen LogP contribution in [-0.2, 0) is 9.59 Å². The number of imide groups is 1. The van der Waals surface area contributed by atoms with E-state index in [1.54, 1.807) is 61.7 Å². The molecule has 36 heavy (non-hydrogen) atoms. The molecule has 3 aromatic rings. The second kappa shape index (κ2) is 9.75. The molecule has 0 saturated carbocycles. The minimum Gasteiger partial charge on any atom is -0.497 e. The average Bonchev–Trinajstić information content (AvgIpc) is 3.41. The van der Waals surface area contributed by atoms with Crippen molar-refractivity contribution in [2.75, 3.05) is 18.6 Å². The standard InChI is InChI=1S/C27H24BrN3O5/c1-3-36-21-13-9-19(10-14-21)30-26(33)22-23(16-7-11-20(35-2)12-8-16)29-31(24(22)27(30)34)25(32)17-5-4-6-18(28)15-17/h4-15,22-24,29H,3H2,1-2H3/t22-,23-,24-/m1/s1. The largest absolute Gasteiger partial charge is 0.497 e. The van der Waals surface area contributed by atoms with Crippen molar-refractivity contribution < 1.29 is 23.9 Å². The van der Waals surface area contributed by atoms with Gasteiger partial charge in [0.25, 0.3) is 11.8 Å². The number of hydrazine groups is 1. The summed E-state index contributed by atoms with van der Waals surface area (Å²) in [5.41, 5.74) is 4.76. The van der Waals surface area contributed by atoms with Crippen LogP contribution in [-0.4, -0.2) is 42.5 Å². The molecule has 3 amide bonds. The smallest absolute Gasteiger partial charge is 0.268 e. The molecule has 3 atom stereocenters. The number of anilines is 1. The Morgan fingerprint density at radius 1 is 0.972 bits per heavy atom. The van der Waals surface area contributed by atoms with E-state index in [0.29, 0.717) is 29.4 Å². The number of nitrogens with one attached hydrogen (secondary N) is 1. The van der Waals surface area contributed by atoms with Gasteiger partial charge in [-0.3, -0.25) is 19.4 Å². The Morgan fingerprint density at radius 2 is 1.67 bits per heavy atom. The quantitative estimate of drug-likeness (QED) is 0.465. The molecule has 0 aromatic heterocycles. The molecular weight excluding hydrogens is 526 g/mol. The molecule has 5 rings (SSSR count). The first-order valence-corrected chi connectivity index (χ1v) is 12.3. The lowest BCUT2D eigenvalue weighted by Crippen LogP contribution is -2.48. The first-order chi connectivity index (χ1) is 17.4. The Morgan fingerprint density at radius 3 is 2.31 bits per heavy atom. The van der Waals surface area contributed by atoms with E-state index in [2.05, 4.69) is 21.4 Å². The molecule has 0 unspecified atom stereocenters. The number of hydrogen-bond donors (Lipinski definition) is 1. The molecule has 2 saturated heterocycles. The van der Waals surface area contributed by atoms with Crippen molar-refractivity contribution >= 4 is 39.3 Å². The highest BCUT2D eigenvalue weighted by Crippen LogP contribution is 2.42. The second-order valence-corrected chi connectivity index (χ2v) is 9.39. The van der Waals surface area contributed by atoms with Crippen molar-refractivity contribution in [3.05, 3.63) is 88.4 Å². The lowest BCUT2D eigenvalue weighted by Gasteiger charge is -2.25. The molecule has 0 radical (unpaired) electrons. The van der Waals surface area contributed by atoms with Gasteiger partial charge in [0.1, 0.15) is 17.5 Å². The van der Waals surface area contributed by atoms with Gasteiger partial charge in [0.15, 0.2) is 0 Å². The summed E-state index contributed by atoms with van der Waals surface area (Å²) in [7, 11) is 1.57. The van der Waals surface area contributed by atoms with Crippen LogP contribution < -0.4 is 19.8 Å². The second-order valence-electron chi connectivity index (χ2n) is 8.47. The third kappa shape index (κ3) is 4.14. The molecule has 0 aliphatic carbocycles. The van der Waals surface area contributed by atoms with Gasteiger partial charge in [0.2, 0.25) is 5.91 Å². The number of hydrogen-bond acceptors (Lipinski definition) is 6. The maximum Gasteiger partial charge on any atom is 0.268 e. The van der Waals surface area contributed by atoms with E-state index in [1.165, 1.54) is 9.91 Å². The van der Waals surface area contributed by atoms with Crippen molar-refractivity contribution in [2.24, 2.45) is 5.92 Å². The van der Waals surface area contributed by atoms with Crippen LogP contribution >= 0.6 is 15.9 Å². The van der Waals surface area contributed by atoms with E-state index >= 15 is 0 Å². The molecule has 8 nitrogen and oxygen atoms in total. The van der Waals surface area contributed by atoms with Gasteiger partial charge in [-0.2, -0.15) is 0 Å². The van der Waals surface area contributed by atoms with Crippen LogP contribution in [0.2, 0.25) is 0 Å². The molecule has 2 fully saturated rings. The fourth-order valence-corrected chi connectivity index (χ4v) is 5.14. The monoisotopic (exact) mass is 549 g/mol. The average molecular weight is 550 g/mol. The van der Waals surface area contributed by atoms with Crippen LogP contribution in [0, 0.1) is 5.92 Å². The molecule has 3 aromatic carbocycles. The fourth-order valence-electron chi connectivity index (χ4n) is 4.74. The van der Waals surface area contributed by atoms with Crippen LogP contribution in [0.3, 0.4) is 0 Å². The zero-order valence-electron chi connectivity index (χ0n) is 19.7. The van der Waals surface area contributed by atoms with Crippen molar-refractivity contribution in [1.82, 2.24) is 10.4 Å². The Kier molecular flexibility index (Phi) is 6.51. The van der Waals surface area contributed by atoms with E-state index in [0.717, 1.165) is 10.0 Å². The molecule has 0 spiro atoms. The number of nitrogens with zero attached hydrogens (tertiary/aromatic N) is 2. The number of benzene rings is 3. The van der Waals surface area contributed by atoms with Gasteiger partial charge in [0.05, 0.1) is 31.4 Å². The van der Waals surface area contributed by atoms with Gasteiger partial charge in [0, 0.05) is 10.0 Å². The highest BCUT2D eigenvalue weighted by Gasteiger charge is 2.60. The molecule has 2 heterocycles. The maximum absolute atomic E-state index is 13.7. The number of carbonyl (C=O) groups excluding carboxylic acids is 3. The van der Waals surface area contributed by atoms with E-state index in [-0.39, 0.29) is 5.91 Å². The maximum atomic E-state index is 13.7. The zero-order chi connectivity index (χ0) is 25.4. The summed E-state index contributed by atoms with van der Waals surface area (Å²) in [4.78, 5) is 42.2. The third-order valence-electron chi connectivity index (χ3n) is 6.41. The van der Waals surface area contributed by atoms with Gasteiger partial charge in [-0.05, 0) is 67.1 Å². The number of carbonyl (C=O) groups is 3. The van der Waals surface area contributed by atoms with Gasteiger partial charge in [-0.1, -0.05) is 34.1 Å². The minimum atomic E-state index is -0.998. The summed E-state index contributed by atoms with van der Waals surface area (Å²) >= 11 is 3.39.